The number of rotatable bonds is 4. The Hall–Kier alpha value is -2.09. The lowest BCUT2D eigenvalue weighted by Gasteiger charge is -2.39. The van der Waals surface area contributed by atoms with Gasteiger partial charge in [-0.3, -0.25) is 4.79 Å². The summed E-state index contributed by atoms with van der Waals surface area (Å²) in [6, 6.07) is 16.4. The summed E-state index contributed by atoms with van der Waals surface area (Å²) in [7, 11) is -3.63. The van der Waals surface area contributed by atoms with E-state index in [0.29, 0.717) is 31.1 Å². The molecule has 6 nitrogen and oxygen atoms in total. The maximum Gasteiger partial charge on any atom is 0.243 e. The molecule has 0 saturated carbocycles. The van der Waals surface area contributed by atoms with Crippen LogP contribution in [0.25, 0.3) is 0 Å². The molecule has 2 fully saturated rings. The quantitative estimate of drug-likeness (QED) is 0.722. The van der Waals surface area contributed by atoms with Gasteiger partial charge >= 0.3 is 0 Å². The van der Waals surface area contributed by atoms with E-state index in [1.807, 2.05) is 23.1 Å². The smallest absolute Gasteiger partial charge is 0.243 e. The molecule has 30 heavy (non-hydrogen) atoms. The second-order valence-corrected chi connectivity index (χ2v) is 10.2. The molecule has 0 bridgehead atoms. The van der Waals surface area contributed by atoms with Crippen LogP contribution in [0.4, 0.5) is 5.69 Å². The van der Waals surface area contributed by atoms with Gasteiger partial charge in [-0.05, 0) is 49.2 Å². The summed E-state index contributed by atoms with van der Waals surface area (Å²) in [5.74, 6) is -0.220. The normalized spacial score (nSPS) is 20.9. The number of piperazine rings is 1. The lowest BCUT2D eigenvalue weighted by atomic mass is 9.97. The highest BCUT2D eigenvalue weighted by molar-refractivity contribution is 7.89. The Morgan fingerprint density at radius 2 is 1.57 bits per heavy atom. The first-order valence-corrected chi connectivity index (χ1v) is 12.1. The average molecular weight is 448 g/mol. The van der Waals surface area contributed by atoms with Crippen LogP contribution >= 0.6 is 11.6 Å². The molecule has 4 rings (SSSR count). The van der Waals surface area contributed by atoms with Crippen molar-refractivity contribution in [3.63, 3.8) is 0 Å². The molecule has 0 spiro atoms. The van der Waals surface area contributed by atoms with E-state index in [-0.39, 0.29) is 23.3 Å². The molecular formula is C22H26ClN3O3S. The number of nitrogens with zero attached hydrogens (tertiary/aromatic N) is 3. The fourth-order valence-electron chi connectivity index (χ4n) is 4.20. The van der Waals surface area contributed by atoms with Gasteiger partial charge < -0.3 is 9.80 Å². The largest absolute Gasteiger partial charge is 0.368 e. The van der Waals surface area contributed by atoms with Crippen molar-refractivity contribution in [3.8, 4) is 0 Å². The first-order chi connectivity index (χ1) is 14.4. The minimum absolute atomic E-state index is 0.0683. The highest BCUT2D eigenvalue weighted by Gasteiger charge is 2.35. The summed E-state index contributed by atoms with van der Waals surface area (Å²) in [4.78, 5) is 17.5. The zero-order valence-corrected chi connectivity index (χ0v) is 18.4. The number of para-hydroxylation sites is 1. The van der Waals surface area contributed by atoms with Crippen LogP contribution in [0.3, 0.4) is 0 Å². The topological polar surface area (TPSA) is 60.9 Å². The summed E-state index contributed by atoms with van der Waals surface area (Å²) in [6.07, 6.45) is 1.41. The number of amides is 1. The van der Waals surface area contributed by atoms with E-state index in [2.05, 4.69) is 17.0 Å². The molecule has 2 aromatic rings. The van der Waals surface area contributed by atoms with Gasteiger partial charge in [0.05, 0.1) is 10.8 Å². The van der Waals surface area contributed by atoms with E-state index in [4.69, 9.17) is 11.6 Å². The Labute approximate surface area is 183 Å². The number of carbonyl (C=O) groups is 1. The molecule has 2 aromatic carbocycles. The fourth-order valence-corrected chi connectivity index (χ4v) is 5.85. The van der Waals surface area contributed by atoms with Crippen molar-refractivity contribution in [3.05, 3.63) is 59.6 Å². The maximum atomic E-state index is 13.1. The van der Waals surface area contributed by atoms with Gasteiger partial charge in [0.25, 0.3) is 0 Å². The van der Waals surface area contributed by atoms with Crippen LogP contribution in [0.2, 0.25) is 5.02 Å². The number of piperidine rings is 1. The van der Waals surface area contributed by atoms with Crippen LogP contribution in [0, 0.1) is 5.92 Å². The molecule has 2 saturated heterocycles. The Morgan fingerprint density at radius 1 is 0.900 bits per heavy atom. The SMILES string of the molecule is O=C(C1CCCN(S(=O)(=O)c2ccc(Cl)cc2)C1)N1CCN(c2ccccc2)CC1. The third kappa shape index (κ3) is 4.48. The maximum absolute atomic E-state index is 13.1. The van der Waals surface area contributed by atoms with E-state index in [1.54, 1.807) is 12.1 Å². The molecule has 1 unspecified atom stereocenters. The minimum Gasteiger partial charge on any atom is -0.368 e. The van der Waals surface area contributed by atoms with Gasteiger partial charge in [0.15, 0.2) is 0 Å². The summed E-state index contributed by atoms with van der Waals surface area (Å²) >= 11 is 5.89. The van der Waals surface area contributed by atoms with E-state index >= 15 is 0 Å². The molecule has 0 aromatic heterocycles. The van der Waals surface area contributed by atoms with Crippen LogP contribution in [0.5, 0.6) is 0 Å². The standard InChI is InChI=1S/C22H26ClN3O3S/c23-19-8-10-21(11-9-19)30(28,29)26-12-4-5-18(17-26)22(27)25-15-13-24(14-16-25)20-6-2-1-3-7-20/h1-3,6-11,18H,4-5,12-17H2. The van der Waals surface area contributed by atoms with E-state index in [1.165, 1.54) is 22.1 Å². The molecule has 8 heteroatoms. The molecule has 1 atom stereocenters. The molecule has 2 aliphatic rings. The fraction of sp³-hybridized carbons (Fsp3) is 0.409. The lowest BCUT2D eigenvalue weighted by Crippen LogP contribution is -2.53. The number of hydrogen-bond donors (Lipinski definition) is 0. The Kier molecular flexibility index (Phi) is 6.32. The highest BCUT2D eigenvalue weighted by atomic mass is 35.5. The number of hydrogen-bond acceptors (Lipinski definition) is 4. The number of benzene rings is 2. The lowest BCUT2D eigenvalue weighted by molar-refractivity contribution is -0.137. The van der Waals surface area contributed by atoms with Crippen molar-refractivity contribution in [2.75, 3.05) is 44.2 Å². The number of sulfonamides is 1. The van der Waals surface area contributed by atoms with Crippen molar-refractivity contribution in [1.29, 1.82) is 0 Å². The van der Waals surface area contributed by atoms with Gasteiger partial charge in [0.1, 0.15) is 0 Å². The number of anilines is 1. The van der Waals surface area contributed by atoms with Crippen molar-refractivity contribution < 1.29 is 13.2 Å². The third-order valence-corrected chi connectivity index (χ3v) is 8.03. The average Bonchev–Trinajstić information content (AvgIpc) is 2.80. The third-order valence-electron chi connectivity index (χ3n) is 5.90. The van der Waals surface area contributed by atoms with E-state index < -0.39 is 10.0 Å². The zero-order chi connectivity index (χ0) is 21.1. The van der Waals surface area contributed by atoms with Crippen LogP contribution in [0.1, 0.15) is 12.8 Å². The minimum atomic E-state index is -3.63. The predicted octanol–water partition coefficient (Wildman–Crippen LogP) is 3.09. The van der Waals surface area contributed by atoms with Gasteiger partial charge in [-0.2, -0.15) is 4.31 Å². The van der Waals surface area contributed by atoms with Crippen molar-refractivity contribution in [2.24, 2.45) is 5.92 Å². The molecule has 2 heterocycles. The number of halogens is 1. The van der Waals surface area contributed by atoms with Gasteiger partial charge in [-0.1, -0.05) is 29.8 Å². The van der Waals surface area contributed by atoms with Gasteiger partial charge in [-0.25, -0.2) is 8.42 Å². The Morgan fingerprint density at radius 3 is 2.23 bits per heavy atom. The summed E-state index contributed by atoms with van der Waals surface area (Å²) in [5, 5.41) is 0.496. The molecule has 1 amide bonds. The van der Waals surface area contributed by atoms with Crippen LogP contribution in [-0.4, -0.2) is 62.8 Å². The first-order valence-electron chi connectivity index (χ1n) is 10.3. The predicted molar refractivity (Wildman–Crippen MR) is 118 cm³/mol. The molecular weight excluding hydrogens is 422 g/mol. The molecule has 2 aliphatic heterocycles. The van der Waals surface area contributed by atoms with Crippen molar-refractivity contribution in [1.82, 2.24) is 9.21 Å². The molecule has 160 valence electrons. The molecule has 0 radical (unpaired) electrons. The van der Waals surface area contributed by atoms with Crippen LogP contribution in [0.15, 0.2) is 59.5 Å². The number of carbonyl (C=O) groups excluding carboxylic acids is 1. The zero-order valence-electron chi connectivity index (χ0n) is 16.8. The first kappa shape index (κ1) is 21.2. The summed E-state index contributed by atoms with van der Waals surface area (Å²) < 4.78 is 27.4. The molecule has 0 N–H and O–H groups in total. The van der Waals surface area contributed by atoms with Crippen LogP contribution in [-0.2, 0) is 14.8 Å². The van der Waals surface area contributed by atoms with E-state index in [9.17, 15) is 13.2 Å². The summed E-state index contributed by atoms with van der Waals surface area (Å²) in [5.41, 5.74) is 1.17. The second kappa shape index (κ2) is 8.96. The Bertz CT molecular complexity index is 974. The van der Waals surface area contributed by atoms with Gasteiger partial charge in [0, 0.05) is 50.0 Å². The van der Waals surface area contributed by atoms with Gasteiger partial charge in [-0.15, -0.1) is 0 Å². The van der Waals surface area contributed by atoms with E-state index in [0.717, 1.165) is 19.5 Å². The highest BCUT2D eigenvalue weighted by Crippen LogP contribution is 2.26. The molecule has 0 aliphatic carbocycles. The van der Waals surface area contributed by atoms with Crippen molar-refractivity contribution in [2.45, 2.75) is 17.7 Å². The van der Waals surface area contributed by atoms with Crippen LogP contribution < -0.4 is 4.90 Å². The Balaban J connectivity index is 1.39. The summed E-state index contributed by atoms with van der Waals surface area (Å²) in [6.45, 7) is 3.58. The van der Waals surface area contributed by atoms with Crippen molar-refractivity contribution >= 4 is 33.2 Å². The second-order valence-electron chi connectivity index (χ2n) is 7.80. The monoisotopic (exact) mass is 447 g/mol. The van der Waals surface area contributed by atoms with Gasteiger partial charge in [0.2, 0.25) is 15.9 Å².